The summed E-state index contributed by atoms with van der Waals surface area (Å²) in [7, 11) is -0.981. The van der Waals surface area contributed by atoms with Crippen LogP contribution in [0.15, 0.2) is 22.7 Å². The quantitative estimate of drug-likeness (QED) is 0.545. The Kier molecular flexibility index (Phi) is 1.14. The Morgan fingerprint density at radius 2 is 2.10 bits per heavy atom. The molecule has 0 saturated heterocycles. The Morgan fingerprint density at radius 1 is 1.30 bits per heavy atom. The van der Waals surface area contributed by atoms with Crippen molar-refractivity contribution < 1.29 is 4.21 Å². The van der Waals surface area contributed by atoms with Gasteiger partial charge < -0.3 is 0 Å². The number of aromatic nitrogens is 2. The van der Waals surface area contributed by atoms with Crippen LogP contribution in [0, 0.1) is 0 Å². The number of nitrogens with zero attached hydrogens (tertiary/aromatic N) is 2. The van der Waals surface area contributed by atoms with Crippen molar-refractivity contribution in [1.29, 1.82) is 0 Å². The van der Waals surface area contributed by atoms with E-state index in [9.17, 15) is 4.21 Å². The Labute approximate surface area is 60.2 Å². The van der Waals surface area contributed by atoms with E-state index in [1.165, 1.54) is 6.20 Å². The summed E-state index contributed by atoms with van der Waals surface area (Å²) in [4.78, 5) is 0.759. The van der Waals surface area contributed by atoms with Crippen molar-refractivity contribution in [2.45, 2.75) is 4.90 Å². The van der Waals surface area contributed by atoms with Gasteiger partial charge in [0.25, 0.3) is 0 Å². The normalized spacial score (nSPS) is 21.0. The summed E-state index contributed by atoms with van der Waals surface area (Å²) in [5.41, 5.74) is 0.910. The lowest BCUT2D eigenvalue weighted by molar-refractivity contribution is 0.688. The zero-order valence-corrected chi connectivity index (χ0v) is 5.84. The molecule has 0 radical (unpaired) electrons. The predicted molar refractivity (Wildman–Crippen MR) is 37.5 cm³/mol. The lowest BCUT2D eigenvalue weighted by atomic mass is 10.3. The Hall–Kier alpha value is -1.03. The van der Waals surface area contributed by atoms with E-state index in [1.807, 2.05) is 0 Å². The van der Waals surface area contributed by atoms with Crippen LogP contribution < -0.4 is 0 Å². The first kappa shape index (κ1) is 5.73. The molecule has 0 aromatic carbocycles. The van der Waals surface area contributed by atoms with Gasteiger partial charge in [0.15, 0.2) is 0 Å². The molecule has 0 bridgehead atoms. The molecule has 2 heterocycles. The maximum Gasteiger partial charge on any atom is 0.0799 e. The largest absolute Gasteiger partial charge is 0.250 e. The van der Waals surface area contributed by atoms with Gasteiger partial charge in [-0.2, -0.15) is 10.2 Å². The maximum atomic E-state index is 11.0. The fourth-order valence-corrected chi connectivity index (χ4v) is 1.74. The number of hydrogen-bond donors (Lipinski definition) is 0. The van der Waals surface area contributed by atoms with Crippen LogP contribution in [-0.2, 0) is 10.8 Å². The minimum absolute atomic E-state index is 0.759. The molecule has 0 N–H and O–H groups in total. The molecule has 1 aromatic rings. The molecule has 0 spiro atoms. The molecule has 0 amide bonds. The van der Waals surface area contributed by atoms with Crippen molar-refractivity contribution in [3.8, 4) is 0 Å². The smallest absolute Gasteiger partial charge is 0.0799 e. The second kappa shape index (κ2) is 1.98. The van der Waals surface area contributed by atoms with E-state index in [1.54, 1.807) is 17.7 Å². The first-order valence-electron chi connectivity index (χ1n) is 2.77. The van der Waals surface area contributed by atoms with Gasteiger partial charge in [-0.25, -0.2) is 4.21 Å². The third-order valence-corrected chi connectivity index (χ3v) is 2.47. The van der Waals surface area contributed by atoms with Crippen molar-refractivity contribution in [1.82, 2.24) is 10.2 Å². The SMILES string of the molecule is O=S1C=Cc2cnncc21. The lowest BCUT2D eigenvalue weighted by Crippen LogP contribution is -1.87. The van der Waals surface area contributed by atoms with Crippen LogP contribution in [0.3, 0.4) is 0 Å². The van der Waals surface area contributed by atoms with Crippen molar-refractivity contribution in [3.05, 3.63) is 23.4 Å². The summed E-state index contributed by atoms with van der Waals surface area (Å²) in [6, 6.07) is 0. The predicted octanol–water partition coefficient (Wildman–Crippen LogP) is 0.569. The molecular formula is C6H4N2OS. The van der Waals surface area contributed by atoms with E-state index in [0.29, 0.717) is 0 Å². The van der Waals surface area contributed by atoms with Gasteiger partial charge in [-0.05, 0) is 6.08 Å². The van der Waals surface area contributed by atoms with Gasteiger partial charge in [0.1, 0.15) is 0 Å². The van der Waals surface area contributed by atoms with Gasteiger partial charge in [-0.3, -0.25) is 0 Å². The second-order valence-electron chi connectivity index (χ2n) is 1.91. The molecule has 2 rings (SSSR count). The van der Waals surface area contributed by atoms with Gasteiger partial charge in [0.2, 0.25) is 0 Å². The van der Waals surface area contributed by atoms with E-state index in [-0.39, 0.29) is 0 Å². The highest BCUT2D eigenvalue weighted by atomic mass is 32.2. The zero-order valence-electron chi connectivity index (χ0n) is 5.02. The molecule has 4 heteroatoms. The van der Waals surface area contributed by atoms with Crippen LogP contribution in [0.4, 0.5) is 0 Å². The van der Waals surface area contributed by atoms with Gasteiger partial charge >= 0.3 is 0 Å². The zero-order chi connectivity index (χ0) is 6.97. The van der Waals surface area contributed by atoms with Gasteiger partial charge in [-0.1, -0.05) is 0 Å². The third kappa shape index (κ3) is 0.690. The van der Waals surface area contributed by atoms with E-state index < -0.39 is 10.8 Å². The van der Waals surface area contributed by atoms with Gasteiger partial charge in [0, 0.05) is 11.0 Å². The molecule has 0 aliphatic carbocycles. The van der Waals surface area contributed by atoms with Crippen LogP contribution >= 0.6 is 0 Å². The third-order valence-electron chi connectivity index (χ3n) is 1.31. The summed E-state index contributed by atoms with van der Waals surface area (Å²) in [6.07, 6.45) is 4.93. The Balaban J connectivity index is 2.70. The number of rotatable bonds is 0. The van der Waals surface area contributed by atoms with Gasteiger partial charge in [-0.15, -0.1) is 0 Å². The molecule has 3 nitrogen and oxygen atoms in total. The summed E-state index contributed by atoms with van der Waals surface area (Å²) >= 11 is 0. The molecular weight excluding hydrogens is 148 g/mol. The molecule has 1 aliphatic heterocycles. The molecule has 10 heavy (non-hydrogen) atoms. The summed E-state index contributed by atoms with van der Waals surface area (Å²) in [5.74, 6) is 0. The number of fused-ring (bicyclic) bond motifs is 1. The highest BCUT2D eigenvalue weighted by molar-refractivity contribution is 7.88. The summed E-state index contributed by atoms with van der Waals surface area (Å²) < 4.78 is 11.0. The van der Waals surface area contributed by atoms with Gasteiger partial charge in [0.05, 0.1) is 28.1 Å². The van der Waals surface area contributed by atoms with Crippen LogP contribution in [0.25, 0.3) is 6.08 Å². The monoisotopic (exact) mass is 152 g/mol. The van der Waals surface area contributed by atoms with E-state index in [4.69, 9.17) is 0 Å². The summed E-state index contributed by atoms with van der Waals surface area (Å²) in [6.45, 7) is 0. The van der Waals surface area contributed by atoms with Crippen LogP contribution in [-0.4, -0.2) is 14.4 Å². The number of hydrogen-bond acceptors (Lipinski definition) is 3. The van der Waals surface area contributed by atoms with E-state index in [0.717, 1.165) is 10.5 Å². The highest BCUT2D eigenvalue weighted by Crippen LogP contribution is 2.20. The van der Waals surface area contributed by atoms with Crippen molar-refractivity contribution >= 4 is 16.9 Å². The van der Waals surface area contributed by atoms with Crippen LogP contribution in [0.2, 0.25) is 0 Å². The van der Waals surface area contributed by atoms with E-state index >= 15 is 0 Å². The fourth-order valence-electron chi connectivity index (χ4n) is 0.821. The average Bonchev–Trinajstić information content (AvgIpc) is 2.34. The standard InChI is InChI=1S/C6H4N2OS/c9-10-2-1-5-3-7-8-4-6(5)10/h1-4H. The maximum absolute atomic E-state index is 11.0. The Morgan fingerprint density at radius 3 is 2.90 bits per heavy atom. The first-order chi connectivity index (χ1) is 4.88. The molecule has 50 valence electrons. The van der Waals surface area contributed by atoms with E-state index in [2.05, 4.69) is 10.2 Å². The second-order valence-corrected chi connectivity index (χ2v) is 3.22. The minimum Gasteiger partial charge on any atom is -0.250 e. The topological polar surface area (TPSA) is 42.9 Å². The van der Waals surface area contributed by atoms with Crippen LogP contribution in [0.1, 0.15) is 5.56 Å². The van der Waals surface area contributed by atoms with Crippen molar-refractivity contribution in [2.24, 2.45) is 0 Å². The molecule has 0 saturated carbocycles. The first-order valence-corrected chi connectivity index (χ1v) is 3.99. The molecule has 1 aromatic heterocycles. The molecule has 1 unspecified atom stereocenters. The van der Waals surface area contributed by atoms with Crippen LogP contribution in [0.5, 0.6) is 0 Å². The lowest BCUT2D eigenvalue weighted by Gasteiger charge is -1.90. The summed E-state index contributed by atoms with van der Waals surface area (Å²) in [5, 5.41) is 8.91. The highest BCUT2D eigenvalue weighted by Gasteiger charge is 2.11. The minimum atomic E-state index is -0.981. The molecule has 1 atom stereocenters. The van der Waals surface area contributed by atoms with Crippen molar-refractivity contribution in [3.63, 3.8) is 0 Å². The fraction of sp³-hybridized carbons (Fsp3) is 0. The average molecular weight is 152 g/mol. The molecule has 1 aliphatic rings. The molecule has 0 fully saturated rings. The Bertz CT molecular complexity index is 321. The van der Waals surface area contributed by atoms with Crippen molar-refractivity contribution in [2.75, 3.05) is 0 Å².